The molecule has 0 bridgehead atoms. The lowest BCUT2D eigenvalue weighted by molar-refractivity contribution is -0.131. The summed E-state index contributed by atoms with van der Waals surface area (Å²) in [5.41, 5.74) is -0.0290. The van der Waals surface area contributed by atoms with E-state index in [1.807, 2.05) is 4.90 Å². The molecule has 0 aliphatic carbocycles. The summed E-state index contributed by atoms with van der Waals surface area (Å²) in [7, 11) is 0. The van der Waals surface area contributed by atoms with Crippen molar-refractivity contribution < 1.29 is 14.7 Å². The standard InChI is InChI=1S/C12H17N3O3/c16-11(15-5-3-1-2-4-6-15)8-14-7-10(12(17)18)13-9-14/h7,9H,1-6,8H2,(H,17,18). The van der Waals surface area contributed by atoms with Crippen LogP contribution in [0.1, 0.15) is 36.2 Å². The topological polar surface area (TPSA) is 75.4 Å². The van der Waals surface area contributed by atoms with Crippen molar-refractivity contribution in [2.45, 2.75) is 32.2 Å². The first-order valence-electron chi connectivity index (χ1n) is 6.19. The van der Waals surface area contributed by atoms with E-state index in [-0.39, 0.29) is 18.1 Å². The van der Waals surface area contributed by atoms with Gasteiger partial charge in [0.05, 0.1) is 6.33 Å². The van der Waals surface area contributed by atoms with Crippen LogP contribution in [-0.2, 0) is 11.3 Å². The fourth-order valence-corrected chi connectivity index (χ4v) is 2.13. The lowest BCUT2D eigenvalue weighted by atomic mass is 10.2. The van der Waals surface area contributed by atoms with Crippen LogP contribution in [0.3, 0.4) is 0 Å². The Kier molecular flexibility index (Phi) is 3.96. The van der Waals surface area contributed by atoms with E-state index in [0.717, 1.165) is 25.9 Å². The molecule has 0 aromatic carbocycles. The lowest BCUT2D eigenvalue weighted by Crippen LogP contribution is -2.34. The number of carboxylic acid groups (broad SMARTS) is 1. The van der Waals surface area contributed by atoms with Gasteiger partial charge in [-0.1, -0.05) is 12.8 Å². The molecular formula is C12H17N3O3. The first kappa shape index (κ1) is 12.6. The van der Waals surface area contributed by atoms with Gasteiger partial charge in [-0.15, -0.1) is 0 Å². The van der Waals surface area contributed by atoms with E-state index in [4.69, 9.17) is 5.11 Å². The zero-order valence-corrected chi connectivity index (χ0v) is 10.2. The van der Waals surface area contributed by atoms with Crippen molar-refractivity contribution in [2.75, 3.05) is 13.1 Å². The highest BCUT2D eigenvalue weighted by Crippen LogP contribution is 2.10. The van der Waals surface area contributed by atoms with Gasteiger partial charge >= 0.3 is 5.97 Å². The number of hydrogen-bond donors (Lipinski definition) is 1. The van der Waals surface area contributed by atoms with Gasteiger partial charge in [-0.2, -0.15) is 0 Å². The molecule has 0 radical (unpaired) electrons. The summed E-state index contributed by atoms with van der Waals surface area (Å²) in [5.74, 6) is -1.04. The molecule has 1 amide bonds. The largest absolute Gasteiger partial charge is 0.476 e. The van der Waals surface area contributed by atoms with Crippen LogP contribution < -0.4 is 0 Å². The molecule has 0 atom stereocenters. The van der Waals surface area contributed by atoms with Gasteiger partial charge in [-0.25, -0.2) is 9.78 Å². The summed E-state index contributed by atoms with van der Waals surface area (Å²) in [6, 6.07) is 0. The Morgan fingerprint density at radius 1 is 1.22 bits per heavy atom. The molecule has 0 saturated carbocycles. The number of aromatic nitrogens is 2. The molecule has 1 N–H and O–H groups in total. The number of hydrogen-bond acceptors (Lipinski definition) is 3. The van der Waals surface area contributed by atoms with Crippen molar-refractivity contribution in [3.8, 4) is 0 Å². The SMILES string of the molecule is O=C(O)c1cn(CC(=O)N2CCCCCC2)cn1. The van der Waals surface area contributed by atoms with Crippen molar-refractivity contribution in [3.05, 3.63) is 18.2 Å². The molecular weight excluding hydrogens is 234 g/mol. The van der Waals surface area contributed by atoms with Crippen LogP contribution in [0.4, 0.5) is 0 Å². The number of imidazole rings is 1. The van der Waals surface area contributed by atoms with E-state index in [1.165, 1.54) is 29.9 Å². The second kappa shape index (κ2) is 5.66. The number of carbonyl (C=O) groups is 2. The molecule has 6 heteroatoms. The minimum atomic E-state index is -1.07. The van der Waals surface area contributed by atoms with Gasteiger partial charge in [0.25, 0.3) is 0 Å². The average Bonchev–Trinajstić information content (AvgIpc) is 2.64. The Hall–Kier alpha value is -1.85. The maximum atomic E-state index is 12.0. The highest BCUT2D eigenvalue weighted by molar-refractivity contribution is 5.85. The third kappa shape index (κ3) is 3.09. The van der Waals surface area contributed by atoms with Crippen molar-refractivity contribution >= 4 is 11.9 Å². The van der Waals surface area contributed by atoms with Crippen LogP contribution in [0.25, 0.3) is 0 Å². The predicted molar refractivity (Wildman–Crippen MR) is 64.2 cm³/mol. The molecule has 1 aromatic heterocycles. The molecule has 1 aliphatic heterocycles. The van der Waals surface area contributed by atoms with Crippen LogP contribution >= 0.6 is 0 Å². The van der Waals surface area contributed by atoms with Crippen LogP contribution in [0.5, 0.6) is 0 Å². The van der Waals surface area contributed by atoms with Gasteiger partial charge in [0.1, 0.15) is 6.54 Å². The second-order valence-corrected chi connectivity index (χ2v) is 4.53. The van der Waals surface area contributed by atoms with E-state index in [2.05, 4.69) is 4.98 Å². The Labute approximate surface area is 105 Å². The minimum absolute atomic E-state index is 0.0290. The lowest BCUT2D eigenvalue weighted by Gasteiger charge is -2.20. The van der Waals surface area contributed by atoms with Gasteiger partial charge in [0.2, 0.25) is 5.91 Å². The first-order chi connectivity index (χ1) is 8.66. The highest BCUT2D eigenvalue weighted by atomic mass is 16.4. The number of carboxylic acids is 1. The normalized spacial score (nSPS) is 16.3. The molecule has 0 spiro atoms. The molecule has 1 fully saturated rings. The van der Waals surface area contributed by atoms with Crippen molar-refractivity contribution in [1.29, 1.82) is 0 Å². The summed E-state index contributed by atoms with van der Waals surface area (Å²) in [4.78, 5) is 28.3. The zero-order valence-electron chi connectivity index (χ0n) is 10.2. The van der Waals surface area contributed by atoms with Crippen LogP contribution in [0, 0.1) is 0 Å². The summed E-state index contributed by atoms with van der Waals surface area (Å²) in [6.07, 6.45) is 7.24. The summed E-state index contributed by atoms with van der Waals surface area (Å²) in [6.45, 7) is 1.78. The number of nitrogens with zero attached hydrogens (tertiary/aromatic N) is 3. The van der Waals surface area contributed by atoms with Gasteiger partial charge in [-0.05, 0) is 12.8 Å². The monoisotopic (exact) mass is 251 g/mol. The van der Waals surface area contributed by atoms with E-state index in [9.17, 15) is 9.59 Å². The third-order valence-electron chi connectivity index (χ3n) is 3.13. The Morgan fingerprint density at radius 2 is 1.89 bits per heavy atom. The fraction of sp³-hybridized carbons (Fsp3) is 0.583. The van der Waals surface area contributed by atoms with Crippen molar-refractivity contribution in [1.82, 2.24) is 14.5 Å². The molecule has 6 nitrogen and oxygen atoms in total. The van der Waals surface area contributed by atoms with E-state index < -0.39 is 5.97 Å². The smallest absolute Gasteiger partial charge is 0.356 e. The molecule has 18 heavy (non-hydrogen) atoms. The minimum Gasteiger partial charge on any atom is -0.476 e. The van der Waals surface area contributed by atoms with Crippen LogP contribution in [0.15, 0.2) is 12.5 Å². The summed E-state index contributed by atoms with van der Waals surface area (Å²) in [5, 5.41) is 8.75. The molecule has 1 aliphatic rings. The summed E-state index contributed by atoms with van der Waals surface area (Å²) < 4.78 is 1.52. The Bertz CT molecular complexity index is 434. The first-order valence-corrected chi connectivity index (χ1v) is 6.19. The number of amides is 1. The molecule has 2 heterocycles. The van der Waals surface area contributed by atoms with Gasteiger partial charge in [-0.3, -0.25) is 4.79 Å². The Balaban J connectivity index is 1.94. The average molecular weight is 251 g/mol. The van der Waals surface area contributed by atoms with Gasteiger partial charge < -0.3 is 14.6 Å². The molecule has 98 valence electrons. The van der Waals surface area contributed by atoms with Crippen LogP contribution in [0.2, 0.25) is 0 Å². The number of carbonyl (C=O) groups excluding carboxylic acids is 1. The highest BCUT2D eigenvalue weighted by Gasteiger charge is 2.16. The van der Waals surface area contributed by atoms with E-state index in [1.54, 1.807) is 0 Å². The quantitative estimate of drug-likeness (QED) is 0.869. The van der Waals surface area contributed by atoms with E-state index >= 15 is 0 Å². The summed E-state index contributed by atoms with van der Waals surface area (Å²) >= 11 is 0. The molecule has 0 unspecified atom stereocenters. The number of rotatable bonds is 3. The molecule has 2 rings (SSSR count). The fourth-order valence-electron chi connectivity index (χ4n) is 2.13. The van der Waals surface area contributed by atoms with Crippen molar-refractivity contribution in [3.63, 3.8) is 0 Å². The van der Waals surface area contributed by atoms with E-state index in [0.29, 0.717) is 0 Å². The van der Waals surface area contributed by atoms with Gasteiger partial charge in [0, 0.05) is 19.3 Å². The molecule has 1 saturated heterocycles. The Morgan fingerprint density at radius 3 is 2.44 bits per heavy atom. The maximum absolute atomic E-state index is 12.0. The van der Waals surface area contributed by atoms with Crippen molar-refractivity contribution in [2.24, 2.45) is 0 Å². The molecule has 1 aromatic rings. The van der Waals surface area contributed by atoms with Crippen LogP contribution in [-0.4, -0.2) is 44.5 Å². The predicted octanol–water partition coefficient (Wildman–Crippen LogP) is 0.984. The number of likely N-dealkylation sites (tertiary alicyclic amines) is 1. The number of aromatic carboxylic acids is 1. The zero-order chi connectivity index (χ0) is 13.0. The third-order valence-corrected chi connectivity index (χ3v) is 3.13. The maximum Gasteiger partial charge on any atom is 0.356 e. The second-order valence-electron chi connectivity index (χ2n) is 4.53. The van der Waals surface area contributed by atoms with Gasteiger partial charge in [0.15, 0.2) is 5.69 Å².